The van der Waals surface area contributed by atoms with E-state index in [0.717, 1.165) is 22.6 Å². The lowest BCUT2D eigenvalue weighted by Gasteiger charge is -2.26. The molecule has 2 rings (SSSR count). The molecule has 4 heteroatoms. The summed E-state index contributed by atoms with van der Waals surface area (Å²) in [5, 5.41) is 4.14. The fourth-order valence-corrected chi connectivity index (χ4v) is 3.52. The first-order chi connectivity index (χ1) is 8.13. The van der Waals surface area contributed by atoms with Gasteiger partial charge in [0.15, 0.2) is 0 Å². The molecule has 17 heavy (non-hydrogen) atoms. The van der Waals surface area contributed by atoms with Crippen LogP contribution in [0.15, 0.2) is 22.7 Å². The van der Waals surface area contributed by atoms with Crippen LogP contribution in [0.2, 0.25) is 5.02 Å². The van der Waals surface area contributed by atoms with Gasteiger partial charge in [-0.05, 0) is 57.2 Å². The molecule has 1 heterocycles. The number of halogens is 2. The third-order valence-corrected chi connectivity index (χ3v) is 4.34. The zero-order valence-corrected chi connectivity index (χ0v) is 12.6. The fourth-order valence-electron chi connectivity index (χ4n) is 2.73. The summed E-state index contributed by atoms with van der Waals surface area (Å²) >= 11 is 9.82. The largest absolute Gasteiger partial charge is 0.319 e. The monoisotopic (exact) mass is 316 g/mol. The molecule has 0 amide bonds. The number of benzene rings is 1. The molecule has 0 bridgehead atoms. The maximum Gasteiger partial charge on any atom is 0.0465 e. The number of nitrogens with zero attached hydrogens (tertiary/aromatic N) is 1. The highest BCUT2D eigenvalue weighted by Crippen LogP contribution is 2.39. The van der Waals surface area contributed by atoms with Crippen LogP contribution < -0.4 is 5.32 Å². The minimum absolute atomic E-state index is 0.433. The van der Waals surface area contributed by atoms with Crippen LogP contribution in [0.25, 0.3) is 0 Å². The maximum absolute atomic E-state index is 6.36. The molecule has 0 radical (unpaired) electrons. The van der Waals surface area contributed by atoms with Gasteiger partial charge in [-0.2, -0.15) is 0 Å². The Morgan fingerprint density at radius 2 is 2.29 bits per heavy atom. The minimum Gasteiger partial charge on any atom is -0.319 e. The number of hydrogen-bond donors (Lipinski definition) is 1. The first-order valence-electron chi connectivity index (χ1n) is 5.93. The summed E-state index contributed by atoms with van der Waals surface area (Å²) in [6.07, 6.45) is 1.23. The summed E-state index contributed by atoms with van der Waals surface area (Å²) in [6, 6.07) is 6.63. The molecule has 0 aromatic heterocycles. The Labute approximate surface area is 116 Å². The predicted molar refractivity (Wildman–Crippen MR) is 76.6 cm³/mol. The van der Waals surface area contributed by atoms with E-state index in [-0.39, 0.29) is 0 Å². The molecule has 2 unspecified atom stereocenters. The summed E-state index contributed by atoms with van der Waals surface area (Å²) < 4.78 is 1.04. The standard InChI is InChI=1S/C13H18BrClN2/c1-16-8-9-5-6-17(2)13(9)11-4-3-10(14)7-12(11)15/h3-4,7,9,13,16H,5-6,8H2,1-2H3. The second-order valence-corrected chi connectivity index (χ2v) is 6.02. The van der Waals surface area contributed by atoms with E-state index < -0.39 is 0 Å². The molecule has 1 aliphatic heterocycles. The van der Waals surface area contributed by atoms with Crippen molar-refractivity contribution < 1.29 is 0 Å². The van der Waals surface area contributed by atoms with Gasteiger partial charge in [0, 0.05) is 15.5 Å². The lowest BCUT2D eigenvalue weighted by Crippen LogP contribution is -2.27. The van der Waals surface area contributed by atoms with Crippen LogP contribution in [0.4, 0.5) is 0 Å². The van der Waals surface area contributed by atoms with E-state index in [1.165, 1.54) is 12.0 Å². The normalized spacial score (nSPS) is 25.4. The summed E-state index contributed by atoms with van der Waals surface area (Å²) in [5.41, 5.74) is 1.25. The summed E-state index contributed by atoms with van der Waals surface area (Å²) in [7, 11) is 4.19. The SMILES string of the molecule is CNCC1CCN(C)C1c1ccc(Br)cc1Cl. The first-order valence-corrected chi connectivity index (χ1v) is 7.10. The average Bonchev–Trinajstić information content (AvgIpc) is 2.62. The summed E-state index contributed by atoms with van der Waals surface area (Å²) in [6.45, 7) is 2.19. The van der Waals surface area contributed by atoms with Gasteiger partial charge in [0.1, 0.15) is 0 Å². The molecule has 1 N–H and O–H groups in total. The number of hydrogen-bond acceptors (Lipinski definition) is 2. The number of rotatable bonds is 3. The predicted octanol–water partition coefficient (Wildman–Crippen LogP) is 3.31. The van der Waals surface area contributed by atoms with Gasteiger partial charge in [0.05, 0.1) is 0 Å². The Balaban J connectivity index is 2.29. The second-order valence-electron chi connectivity index (χ2n) is 4.70. The van der Waals surface area contributed by atoms with Crippen molar-refractivity contribution in [2.24, 2.45) is 5.92 Å². The molecule has 1 saturated heterocycles. The van der Waals surface area contributed by atoms with Gasteiger partial charge < -0.3 is 5.32 Å². The average molecular weight is 318 g/mol. The molecule has 2 nitrogen and oxygen atoms in total. The molecular formula is C13H18BrClN2. The van der Waals surface area contributed by atoms with E-state index in [4.69, 9.17) is 11.6 Å². The van der Waals surface area contributed by atoms with Crippen LogP contribution in [0.1, 0.15) is 18.0 Å². The maximum atomic E-state index is 6.36. The van der Waals surface area contributed by atoms with E-state index in [1.54, 1.807) is 0 Å². The molecule has 2 atom stereocenters. The smallest absolute Gasteiger partial charge is 0.0465 e. The Morgan fingerprint density at radius 1 is 1.53 bits per heavy atom. The van der Waals surface area contributed by atoms with Gasteiger partial charge in [0.25, 0.3) is 0 Å². The van der Waals surface area contributed by atoms with Crippen LogP contribution in [0, 0.1) is 5.92 Å². The third-order valence-electron chi connectivity index (χ3n) is 3.52. The second kappa shape index (κ2) is 5.70. The van der Waals surface area contributed by atoms with Crippen LogP contribution >= 0.6 is 27.5 Å². The highest BCUT2D eigenvalue weighted by Gasteiger charge is 2.33. The zero-order chi connectivity index (χ0) is 12.4. The lowest BCUT2D eigenvalue weighted by atomic mass is 9.93. The van der Waals surface area contributed by atoms with Gasteiger partial charge in [-0.1, -0.05) is 33.6 Å². The van der Waals surface area contributed by atoms with E-state index in [2.05, 4.69) is 45.3 Å². The molecule has 1 aromatic rings. The molecule has 0 aliphatic carbocycles. The zero-order valence-electron chi connectivity index (χ0n) is 10.2. The summed E-state index contributed by atoms with van der Waals surface area (Å²) in [5.74, 6) is 0.642. The van der Waals surface area contributed by atoms with Crippen molar-refractivity contribution in [3.63, 3.8) is 0 Å². The summed E-state index contributed by atoms with van der Waals surface area (Å²) in [4.78, 5) is 2.40. The highest BCUT2D eigenvalue weighted by atomic mass is 79.9. The van der Waals surface area contributed by atoms with Crippen molar-refractivity contribution >= 4 is 27.5 Å². The molecule has 0 spiro atoms. The van der Waals surface area contributed by atoms with E-state index in [0.29, 0.717) is 12.0 Å². The van der Waals surface area contributed by atoms with Crippen LogP contribution in [-0.4, -0.2) is 32.1 Å². The Bertz CT molecular complexity index is 395. The van der Waals surface area contributed by atoms with E-state index >= 15 is 0 Å². The molecule has 94 valence electrons. The van der Waals surface area contributed by atoms with Crippen molar-refractivity contribution in [3.05, 3.63) is 33.3 Å². The quantitative estimate of drug-likeness (QED) is 0.920. The fraction of sp³-hybridized carbons (Fsp3) is 0.538. The first kappa shape index (κ1) is 13.3. The molecule has 0 saturated carbocycles. The Morgan fingerprint density at radius 3 is 2.94 bits per heavy atom. The molecule has 1 aromatic carbocycles. The van der Waals surface area contributed by atoms with Crippen molar-refractivity contribution in [2.75, 3.05) is 27.2 Å². The topological polar surface area (TPSA) is 15.3 Å². The highest BCUT2D eigenvalue weighted by molar-refractivity contribution is 9.10. The Hall–Kier alpha value is -0.0900. The van der Waals surface area contributed by atoms with Gasteiger partial charge in [0.2, 0.25) is 0 Å². The molecular weight excluding hydrogens is 300 g/mol. The van der Waals surface area contributed by atoms with Gasteiger partial charge in [-0.3, -0.25) is 4.90 Å². The Kier molecular flexibility index (Phi) is 4.47. The number of nitrogens with one attached hydrogen (secondary N) is 1. The van der Waals surface area contributed by atoms with Gasteiger partial charge in [-0.25, -0.2) is 0 Å². The van der Waals surface area contributed by atoms with Crippen molar-refractivity contribution in [3.8, 4) is 0 Å². The number of likely N-dealkylation sites (tertiary alicyclic amines) is 1. The van der Waals surface area contributed by atoms with E-state index in [1.807, 2.05) is 13.1 Å². The van der Waals surface area contributed by atoms with Crippen molar-refractivity contribution in [1.82, 2.24) is 10.2 Å². The van der Waals surface area contributed by atoms with E-state index in [9.17, 15) is 0 Å². The van der Waals surface area contributed by atoms with Crippen LogP contribution in [-0.2, 0) is 0 Å². The molecule has 1 aliphatic rings. The van der Waals surface area contributed by atoms with Crippen LogP contribution in [0.3, 0.4) is 0 Å². The van der Waals surface area contributed by atoms with Gasteiger partial charge in [-0.15, -0.1) is 0 Å². The van der Waals surface area contributed by atoms with Crippen molar-refractivity contribution in [2.45, 2.75) is 12.5 Å². The van der Waals surface area contributed by atoms with Gasteiger partial charge >= 0.3 is 0 Å². The lowest BCUT2D eigenvalue weighted by molar-refractivity contribution is 0.274. The third kappa shape index (κ3) is 2.84. The van der Waals surface area contributed by atoms with Crippen molar-refractivity contribution in [1.29, 1.82) is 0 Å². The molecule has 1 fully saturated rings. The van der Waals surface area contributed by atoms with Crippen LogP contribution in [0.5, 0.6) is 0 Å². The minimum atomic E-state index is 0.433.